The number of aryl methyl sites for hydroxylation is 2. The van der Waals surface area contributed by atoms with Crippen LogP contribution in [0.2, 0.25) is 0 Å². The van der Waals surface area contributed by atoms with Crippen molar-refractivity contribution in [3.05, 3.63) is 77.4 Å². The SMILES string of the molecule is O=S(=O)(NCC1CCC(CNCc2ccc3c(c2)CCCC3)CC1)c1cccc2ccccc12. The lowest BCUT2D eigenvalue weighted by Gasteiger charge is -2.29. The van der Waals surface area contributed by atoms with E-state index in [-0.39, 0.29) is 0 Å². The van der Waals surface area contributed by atoms with E-state index in [9.17, 15) is 8.42 Å². The predicted molar refractivity (Wildman–Crippen MR) is 139 cm³/mol. The summed E-state index contributed by atoms with van der Waals surface area (Å²) in [5.74, 6) is 1.10. The maximum absolute atomic E-state index is 13.0. The minimum Gasteiger partial charge on any atom is -0.312 e. The highest BCUT2D eigenvalue weighted by Gasteiger charge is 2.24. The standard InChI is InChI=1S/C29H36N2O2S/c32-34(33,29-11-5-9-26-7-3-4-10-28(26)29)31-21-23-14-12-22(13-15-23)19-30-20-24-16-17-25-6-1-2-8-27(25)18-24/h3-5,7,9-11,16-18,22-23,30-31H,1-2,6,8,12-15,19-21H2. The zero-order valence-corrected chi connectivity index (χ0v) is 20.7. The minimum atomic E-state index is -3.51. The van der Waals surface area contributed by atoms with E-state index in [1.165, 1.54) is 31.2 Å². The van der Waals surface area contributed by atoms with Crippen molar-refractivity contribution in [2.45, 2.75) is 62.8 Å². The zero-order valence-electron chi connectivity index (χ0n) is 19.9. The molecule has 34 heavy (non-hydrogen) atoms. The van der Waals surface area contributed by atoms with Gasteiger partial charge < -0.3 is 5.32 Å². The Morgan fingerprint density at radius 2 is 1.47 bits per heavy atom. The number of fused-ring (bicyclic) bond motifs is 2. The lowest BCUT2D eigenvalue weighted by molar-refractivity contribution is 0.268. The van der Waals surface area contributed by atoms with Crippen LogP contribution in [-0.4, -0.2) is 21.5 Å². The average molecular weight is 477 g/mol. The summed E-state index contributed by atoms with van der Waals surface area (Å²) in [5, 5.41) is 5.41. The minimum absolute atomic E-state index is 0.380. The number of hydrogen-bond donors (Lipinski definition) is 2. The number of hydrogen-bond acceptors (Lipinski definition) is 3. The van der Waals surface area contributed by atoms with Crippen molar-refractivity contribution in [1.82, 2.24) is 10.0 Å². The number of sulfonamides is 1. The van der Waals surface area contributed by atoms with Crippen LogP contribution in [0.5, 0.6) is 0 Å². The number of benzene rings is 3. The molecule has 1 saturated carbocycles. The largest absolute Gasteiger partial charge is 0.312 e. The molecule has 5 rings (SSSR count). The molecule has 2 N–H and O–H groups in total. The normalized spacial score (nSPS) is 20.8. The van der Waals surface area contributed by atoms with E-state index in [1.54, 1.807) is 17.2 Å². The smallest absolute Gasteiger partial charge is 0.241 e. The van der Waals surface area contributed by atoms with Crippen LogP contribution in [0, 0.1) is 11.8 Å². The van der Waals surface area contributed by atoms with Gasteiger partial charge in [0, 0.05) is 18.5 Å². The number of rotatable bonds is 8. The van der Waals surface area contributed by atoms with Crippen LogP contribution in [0.4, 0.5) is 0 Å². The van der Waals surface area contributed by atoms with Crippen LogP contribution in [0.25, 0.3) is 10.8 Å². The van der Waals surface area contributed by atoms with E-state index in [0.717, 1.165) is 49.5 Å². The van der Waals surface area contributed by atoms with Crippen LogP contribution in [-0.2, 0) is 29.4 Å². The van der Waals surface area contributed by atoms with Crippen LogP contribution >= 0.6 is 0 Å². The lowest BCUT2D eigenvalue weighted by Crippen LogP contribution is -2.33. The van der Waals surface area contributed by atoms with Gasteiger partial charge in [-0.05, 0) is 97.9 Å². The molecule has 0 saturated heterocycles. The Hall–Kier alpha value is -2.21. The highest BCUT2D eigenvalue weighted by Crippen LogP contribution is 2.29. The second-order valence-corrected chi connectivity index (χ2v) is 11.9. The van der Waals surface area contributed by atoms with E-state index >= 15 is 0 Å². The van der Waals surface area contributed by atoms with E-state index in [1.807, 2.05) is 36.4 Å². The van der Waals surface area contributed by atoms with E-state index in [2.05, 4.69) is 28.2 Å². The third-order valence-electron chi connectivity index (χ3n) is 7.74. The van der Waals surface area contributed by atoms with Gasteiger partial charge in [-0.1, -0.05) is 54.6 Å². The Balaban J connectivity index is 1.07. The highest BCUT2D eigenvalue weighted by atomic mass is 32.2. The van der Waals surface area contributed by atoms with Crippen LogP contribution in [0.15, 0.2) is 65.6 Å². The predicted octanol–water partition coefficient (Wildman–Crippen LogP) is 5.59. The second-order valence-electron chi connectivity index (χ2n) is 10.2. The molecule has 0 heterocycles. The fourth-order valence-electron chi connectivity index (χ4n) is 5.69. The molecule has 4 nitrogen and oxygen atoms in total. The quantitative estimate of drug-likeness (QED) is 0.445. The summed E-state index contributed by atoms with van der Waals surface area (Å²) in [6.07, 6.45) is 9.63. The molecule has 2 aliphatic carbocycles. The molecule has 180 valence electrons. The first-order chi connectivity index (χ1) is 16.6. The molecule has 2 aliphatic rings. The first-order valence-corrected chi connectivity index (χ1v) is 14.4. The molecule has 0 aliphatic heterocycles. The van der Waals surface area contributed by atoms with Gasteiger partial charge in [-0.15, -0.1) is 0 Å². The molecule has 0 unspecified atom stereocenters. The van der Waals surface area contributed by atoms with Crippen molar-refractivity contribution in [1.29, 1.82) is 0 Å². The van der Waals surface area contributed by atoms with Gasteiger partial charge in [-0.3, -0.25) is 0 Å². The summed E-state index contributed by atoms with van der Waals surface area (Å²) in [4.78, 5) is 0.380. The molecule has 0 spiro atoms. The summed E-state index contributed by atoms with van der Waals surface area (Å²) in [7, 11) is -3.51. The average Bonchev–Trinajstić information content (AvgIpc) is 2.88. The third-order valence-corrected chi connectivity index (χ3v) is 9.22. The van der Waals surface area contributed by atoms with Crippen LogP contribution in [0.3, 0.4) is 0 Å². The highest BCUT2D eigenvalue weighted by molar-refractivity contribution is 7.89. The molecule has 0 radical (unpaired) electrons. The van der Waals surface area contributed by atoms with Crippen molar-refractivity contribution < 1.29 is 8.42 Å². The molecule has 1 fully saturated rings. The van der Waals surface area contributed by atoms with Crippen LogP contribution < -0.4 is 10.0 Å². The van der Waals surface area contributed by atoms with Gasteiger partial charge in [0.2, 0.25) is 10.0 Å². The van der Waals surface area contributed by atoms with Crippen molar-refractivity contribution >= 4 is 20.8 Å². The Morgan fingerprint density at radius 1 is 0.765 bits per heavy atom. The van der Waals surface area contributed by atoms with Crippen molar-refractivity contribution in [3.8, 4) is 0 Å². The van der Waals surface area contributed by atoms with Crippen molar-refractivity contribution in [3.63, 3.8) is 0 Å². The van der Waals surface area contributed by atoms with Gasteiger partial charge >= 0.3 is 0 Å². The molecule has 0 aromatic heterocycles. The molecule has 5 heteroatoms. The van der Waals surface area contributed by atoms with Crippen LogP contribution in [0.1, 0.15) is 55.2 Å². The maximum atomic E-state index is 13.0. The molecular weight excluding hydrogens is 440 g/mol. The van der Waals surface area contributed by atoms with Crippen molar-refractivity contribution in [2.24, 2.45) is 11.8 Å². The van der Waals surface area contributed by atoms with Crippen molar-refractivity contribution in [2.75, 3.05) is 13.1 Å². The second kappa shape index (κ2) is 10.6. The summed E-state index contributed by atoms with van der Waals surface area (Å²) in [6, 6.07) is 20.2. The first kappa shape index (κ1) is 23.5. The Morgan fingerprint density at radius 3 is 2.29 bits per heavy atom. The van der Waals surface area contributed by atoms with Gasteiger partial charge in [-0.25, -0.2) is 13.1 Å². The molecular formula is C29H36N2O2S. The topological polar surface area (TPSA) is 58.2 Å². The molecule has 0 bridgehead atoms. The van der Waals surface area contributed by atoms with E-state index in [4.69, 9.17) is 0 Å². The fourth-order valence-corrected chi connectivity index (χ4v) is 7.04. The summed E-state index contributed by atoms with van der Waals surface area (Å²) in [6.45, 7) is 2.52. The van der Waals surface area contributed by atoms with Gasteiger partial charge in [0.25, 0.3) is 0 Å². The third kappa shape index (κ3) is 5.54. The molecule has 3 aromatic carbocycles. The molecule has 0 amide bonds. The van der Waals surface area contributed by atoms with Gasteiger partial charge in [-0.2, -0.15) is 0 Å². The lowest BCUT2D eigenvalue weighted by atomic mass is 9.82. The number of nitrogens with one attached hydrogen (secondary N) is 2. The maximum Gasteiger partial charge on any atom is 0.241 e. The summed E-state index contributed by atoms with van der Waals surface area (Å²) >= 11 is 0. The first-order valence-electron chi connectivity index (χ1n) is 12.9. The van der Waals surface area contributed by atoms with Gasteiger partial charge in [0.15, 0.2) is 0 Å². The summed E-state index contributed by atoms with van der Waals surface area (Å²) < 4.78 is 28.9. The van der Waals surface area contributed by atoms with E-state index in [0.29, 0.717) is 23.3 Å². The summed E-state index contributed by atoms with van der Waals surface area (Å²) in [5.41, 5.74) is 4.50. The molecule has 3 aromatic rings. The van der Waals surface area contributed by atoms with Gasteiger partial charge in [0.05, 0.1) is 4.90 Å². The Kier molecular flexibility index (Phi) is 7.33. The Bertz CT molecular complexity index is 1220. The fraction of sp³-hybridized carbons (Fsp3) is 0.448. The van der Waals surface area contributed by atoms with Gasteiger partial charge in [0.1, 0.15) is 0 Å². The zero-order chi connectivity index (χ0) is 23.4. The molecule has 0 atom stereocenters. The van der Waals surface area contributed by atoms with E-state index < -0.39 is 10.0 Å². The Labute approximate surface area is 204 Å². The monoisotopic (exact) mass is 476 g/mol.